The van der Waals surface area contributed by atoms with Gasteiger partial charge in [0, 0.05) is 37.6 Å². The van der Waals surface area contributed by atoms with E-state index in [9.17, 15) is 8.78 Å². The van der Waals surface area contributed by atoms with E-state index in [4.69, 9.17) is 11.6 Å². The number of hydrogen-bond donors (Lipinski definition) is 0. The molecule has 0 N–H and O–H groups in total. The molecule has 0 spiro atoms. The van der Waals surface area contributed by atoms with Crippen LogP contribution in [0.5, 0.6) is 0 Å². The number of piperazine rings is 1. The van der Waals surface area contributed by atoms with E-state index in [0.717, 1.165) is 17.5 Å². The predicted octanol–water partition coefficient (Wildman–Crippen LogP) is 5.43. The average molecular weight is 495 g/mol. The minimum atomic E-state index is -0.287. The number of nitrogens with zero attached hydrogens (tertiary/aromatic N) is 6. The molecule has 6 nitrogen and oxygen atoms in total. The van der Waals surface area contributed by atoms with E-state index in [1.54, 1.807) is 36.7 Å². The second kappa shape index (κ2) is 9.79. The summed E-state index contributed by atoms with van der Waals surface area (Å²) in [6.07, 6.45) is 4.08. The number of hydrogen-bond acceptors (Lipinski definition) is 6. The first-order chi connectivity index (χ1) is 16.9. The Morgan fingerprint density at radius 3 is 2.11 bits per heavy atom. The number of halogens is 3. The molecule has 1 aliphatic heterocycles. The molecule has 0 radical (unpaired) electrons. The maximum atomic E-state index is 13.7. The Kier molecular flexibility index (Phi) is 6.58. The lowest BCUT2D eigenvalue weighted by Gasteiger charge is -2.49. The molecule has 9 heteroatoms. The summed E-state index contributed by atoms with van der Waals surface area (Å²) in [7, 11) is 0. The fourth-order valence-corrected chi connectivity index (χ4v) is 5.09. The average Bonchev–Trinajstić information content (AvgIpc) is 2.86. The van der Waals surface area contributed by atoms with Crippen molar-refractivity contribution in [2.24, 2.45) is 0 Å². The molecule has 2 aromatic carbocycles. The number of anilines is 1. The summed E-state index contributed by atoms with van der Waals surface area (Å²) >= 11 is 6.24. The molecule has 0 amide bonds. The van der Waals surface area contributed by atoms with E-state index >= 15 is 0 Å². The quantitative estimate of drug-likeness (QED) is 0.345. The molecule has 1 aliphatic rings. The smallest absolute Gasteiger partial charge is 0.226 e. The zero-order valence-electron chi connectivity index (χ0n) is 19.4. The summed E-state index contributed by atoms with van der Waals surface area (Å²) in [6, 6.07) is 13.1. The van der Waals surface area contributed by atoms with Crippen LogP contribution in [0.3, 0.4) is 0 Å². The monoisotopic (exact) mass is 494 g/mol. The van der Waals surface area contributed by atoms with Crippen molar-refractivity contribution < 1.29 is 8.78 Å². The van der Waals surface area contributed by atoms with E-state index in [-0.39, 0.29) is 35.0 Å². The van der Waals surface area contributed by atoms with Gasteiger partial charge < -0.3 is 4.90 Å². The molecule has 35 heavy (non-hydrogen) atoms. The lowest BCUT2D eigenvalue weighted by atomic mass is 9.92. The third-order valence-corrected chi connectivity index (χ3v) is 6.79. The van der Waals surface area contributed by atoms with E-state index in [2.05, 4.69) is 43.6 Å². The van der Waals surface area contributed by atoms with Gasteiger partial charge in [-0.15, -0.1) is 0 Å². The first-order valence-corrected chi connectivity index (χ1v) is 12.0. The van der Waals surface area contributed by atoms with Gasteiger partial charge in [-0.05, 0) is 60.3 Å². The minimum absolute atomic E-state index is 0.0531. The fourth-order valence-electron chi connectivity index (χ4n) is 4.93. The SMILES string of the molecule is CC[C@@H]1CN(c2nc(Cl)nc3nccnc23)[C@@H](C)CN1C(c1ccc(F)cc1)c1ccc(F)cc1. The van der Waals surface area contributed by atoms with Crippen molar-refractivity contribution in [2.75, 3.05) is 18.0 Å². The molecule has 4 aromatic rings. The van der Waals surface area contributed by atoms with E-state index in [1.165, 1.54) is 24.3 Å². The Balaban J connectivity index is 1.54. The van der Waals surface area contributed by atoms with Gasteiger partial charge in [0.25, 0.3) is 0 Å². The van der Waals surface area contributed by atoms with Crippen molar-refractivity contribution in [3.63, 3.8) is 0 Å². The second-order valence-electron chi connectivity index (χ2n) is 8.81. The van der Waals surface area contributed by atoms with E-state index in [0.29, 0.717) is 30.1 Å². The summed E-state index contributed by atoms with van der Waals surface area (Å²) in [4.78, 5) is 22.1. The van der Waals surface area contributed by atoms with Crippen molar-refractivity contribution in [3.8, 4) is 0 Å². The largest absolute Gasteiger partial charge is 0.349 e. The van der Waals surface area contributed by atoms with Crippen LogP contribution in [0.1, 0.15) is 37.4 Å². The van der Waals surface area contributed by atoms with Gasteiger partial charge in [-0.2, -0.15) is 9.97 Å². The molecule has 0 bridgehead atoms. The van der Waals surface area contributed by atoms with Crippen molar-refractivity contribution in [1.82, 2.24) is 24.8 Å². The lowest BCUT2D eigenvalue weighted by molar-refractivity contribution is 0.115. The maximum Gasteiger partial charge on any atom is 0.226 e. The van der Waals surface area contributed by atoms with Crippen LogP contribution in [-0.4, -0.2) is 50.0 Å². The summed E-state index contributed by atoms with van der Waals surface area (Å²) in [5.74, 6) is 0.0924. The van der Waals surface area contributed by atoms with Gasteiger partial charge in [-0.1, -0.05) is 31.2 Å². The maximum absolute atomic E-state index is 13.7. The topological polar surface area (TPSA) is 58.0 Å². The Labute approximate surface area is 207 Å². The highest BCUT2D eigenvalue weighted by Gasteiger charge is 2.37. The van der Waals surface area contributed by atoms with E-state index in [1.807, 2.05) is 0 Å². The standard InChI is InChI=1S/C26H25ClF2N6/c1-3-21-15-34(25-22-24(31-13-12-30-22)32-26(27)33-25)16(2)14-35(21)23(17-4-8-19(28)9-5-17)18-6-10-20(29)11-7-18/h4-13,16,21,23H,3,14-15H2,1-2H3/t16-,21+/m0/s1. The number of aromatic nitrogens is 4. The molecular formula is C26H25ClF2N6. The normalized spacial score (nSPS) is 19.0. The molecule has 0 saturated carbocycles. The van der Waals surface area contributed by atoms with Gasteiger partial charge in [0.05, 0.1) is 6.04 Å². The van der Waals surface area contributed by atoms with Gasteiger partial charge in [-0.25, -0.2) is 18.7 Å². The van der Waals surface area contributed by atoms with Crippen LogP contribution in [0.4, 0.5) is 14.6 Å². The van der Waals surface area contributed by atoms with Gasteiger partial charge in [-0.3, -0.25) is 4.90 Å². The highest BCUT2D eigenvalue weighted by molar-refractivity contribution is 6.28. The van der Waals surface area contributed by atoms with Crippen LogP contribution in [-0.2, 0) is 0 Å². The molecule has 1 fully saturated rings. The lowest BCUT2D eigenvalue weighted by Crippen LogP contribution is -2.58. The van der Waals surface area contributed by atoms with Crippen LogP contribution in [0.15, 0.2) is 60.9 Å². The van der Waals surface area contributed by atoms with Crippen LogP contribution in [0, 0.1) is 11.6 Å². The van der Waals surface area contributed by atoms with Crippen molar-refractivity contribution in [3.05, 3.63) is 89.0 Å². The Bertz CT molecular complexity index is 1270. The van der Waals surface area contributed by atoms with Gasteiger partial charge in [0.15, 0.2) is 17.0 Å². The number of fused-ring (bicyclic) bond motifs is 1. The summed E-state index contributed by atoms with van der Waals surface area (Å²) in [5, 5.41) is 0.131. The highest BCUT2D eigenvalue weighted by atomic mass is 35.5. The molecular weight excluding hydrogens is 470 g/mol. The molecule has 0 aliphatic carbocycles. The number of rotatable bonds is 5. The van der Waals surface area contributed by atoms with Gasteiger partial charge >= 0.3 is 0 Å². The summed E-state index contributed by atoms with van der Waals surface area (Å²) in [6.45, 7) is 5.64. The molecule has 3 heterocycles. The molecule has 180 valence electrons. The van der Waals surface area contributed by atoms with Crippen molar-refractivity contribution in [1.29, 1.82) is 0 Å². The van der Waals surface area contributed by atoms with Crippen LogP contribution < -0.4 is 4.90 Å². The first kappa shape index (κ1) is 23.5. The zero-order valence-corrected chi connectivity index (χ0v) is 20.2. The van der Waals surface area contributed by atoms with Crippen LogP contribution >= 0.6 is 11.6 Å². The fraction of sp³-hybridized carbons (Fsp3) is 0.308. The molecule has 1 saturated heterocycles. The Morgan fingerprint density at radius 1 is 0.914 bits per heavy atom. The summed E-state index contributed by atoms with van der Waals surface area (Å²) < 4.78 is 27.5. The minimum Gasteiger partial charge on any atom is -0.349 e. The first-order valence-electron chi connectivity index (χ1n) is 11.6. The van der Waals surface area contributed by atoms with Gasteiger partial charge in [0.1, 0.15) is 11.6 Å². The third-order valence-electron chi connectivity index (χ3n) is 6.62. The zero-order chi connectivity index (χ0) is 24.5. The van der Waals surface area contributed by atoms with E-state index < -0.39 is 0 Å². The third kappa shape index (κ3) is 4.68. The molecule has 0 unspecified atom stereocenters. The molecule has 5 rings (SSSR count). The number of benzene rings is 2. The van der Waals surface area contributed by atoms with Crippen LogP contribution in [0.25, 0.3) is 11.2 Å². The van der Waals surface area contributed by atoms with Crippen molar-refractivity contribution in [2.45, 2.75) is 38.4 Å². The van der Waals surface area contributed by atoms with Crippen LogP contribution in [0.2, 0.25) is 5.28 Å². The molecule has 2 atom stereocenters. The second-order valence-corrected chi connectivity index (χ2v) is 9.15. The van der Waals surface area contributed by atoms with Gasteiger partial charge in [0.2, 0.25) is 5.28 Å². The Morgan fingerprint density at radius 2 is 1.51 bits per heavy atom. The van der Waals surface area contributed by atoms with Crippen molar-refractivity contribution >= 4 is 28.6 Å². The molecule has 2 aromatic heterocycles. The predicted molar refractivity (Wildman–Crippen MR) is 132 cm³/mol. The Hall–Kier alpha value is -3.23. The highest BCUT2D eigenvalue weighted by Crippen LogP contribution is 2.36. The summed E-state index contributed by atoms with van der Waals surface area (Å²) in [5.41, 5.74) is 2.98.